The predicted molar refractivity (Wildman–Crippen MR) is 100 cm³/mol. The van der Waals surface area contributed by atoms with Crippen molar-refractivity contribution >= 4 is 11.7 Å². The van der Waals surface area contributed by atoms with Crippen LogP contribution in [-0.4, -0.2) is 45.2 Å². The molecule has 2 amide bonds. The number of nitrogens with one attached hydrogen (secondary N) is 4. The average Bonchev–Trinajstić information content (AvgIpc) is 3.02. The van der Waals surface area contributed by atoms with Gasteiger partial charge in [0.05, 0.1) is 0 Å². The third-order valence-electron chi connectivity index (χ3n) is 4.71. The fourth-order valence-corrected chi connectivity index (χ4v) is 3.27. The highest BCUT2D eigenvalue weighted by molar-refractivity contribution is 5.89. The maximum Gasteiger partial charge on any atom is 0.340 e. The maximum absolute atomic E-state index is 12.0. The lowest BCUT2D eigenvalue weighted by Gasteiger charge is -2.33. The van der Waals surface area contributed by atoms with Crippen LogP contribution in [0.5, 0.6) is 0 Å². The number of hydrogen-bond donors (Lipinski definition) is 4. The van der Waals surface area contributed by atoms with Gasteiger partial charge in [-0.15, -0.1) is 0 Å². The van der Waals surface area contributed by atoms with E-state index in [0.29, 0.717) is 24.8 Å². The van der Waals surface area contributed by atoms with Gasteiger partial charge in [0.15, 0.2) is 0 Å². The molecule has 26 heavy (non-hydrogen) atoms. The van der Waals surface area contributed by atoms with E-state index in [1.54, 1.807) is 0 Å². The van der Waals surface area contributed by atoms with E-state index in [1.165, 1.54) is 24.8 Å². The van der Waals surface area contributed by atoms with E-state index in [1.807, 2.05) is 18.2 Å². The largest absolute Gasteiger partial charge is 0.340 e. The lowest BCUT2D eigenvalue weighted by Crippen LogP contribution is -2.36. The van der Waals surface area contributed by atoms with Crippen LogP contribution in [-0.2, 0) is 13.0 Å². The van der Waals surface area contributed by atoms with Crippen LogP contribution in [0, 0.1) is 0 Å². The van der Waals surface area contributed by atoms with Gasteiger partial charge in [0.2, 0.25) is 0 Å². The second-order valence-electron chi connectivity index (χ2n) is 6.77. The van der Waals surface area contributed by atoms with E-state index < -0.39 is 0 Å². The molecule has 3 rings (SSSR count). The van der Waals surface area contributed by atoms with Crippen LogP contribution in [0.1, 0.15) is 37.6 Å². The van der Waals surface area contributed by atoms with Crippen LogP contribution in [0.2, 0.25) is 0 Å². The SMILES string of the molecule is C[C@@H]1CCCCN1Cc1cccc(NC(=O)NCCc2n[nH]c(=O)[nH]2)c1. The Balaban J connectivity index is 1.48. The number of aromatic amines is 2. The standard InChI is InChI=1S/C18H26N6O2/c1-13-5-2-3-10-24(13)12-14-6-4-7-15(11-14)20-17(25)19-9-8-16-21-18(26)23-22-16/h4,6-7,11,13H,2-3,5,8-10,12H2,1H3,(H2,19,20,25)(H2,21,22,23,26)/t13-/m1/s1. The zero-order chi connectivity index (χ0) is 18.4. The predicted octanol–water partition coefficient (Wildman–Crippen LogP) is 1.84. The minimum absolute atomic E-state index is 0.272. The molecule has 8 heteroatoms. The number of carbonyl (C=O) groups is 1. The van der Waals surface area contributed by atoms with E-state index in [-0.39, 0.29) is 11.7 Å². The normalized spacial score (nSPS) is 17.8. The Hall–Kier alpha value is -2.61. The van der Waals surface area contributed by atoms with Crippen molar-refractivity contribution in [1.82, 2.24) is 25.4 Å². The van der Waals surface area contributed by atoms with E-state index in [4.69, 9.17) is 0 Å². The van der Waals surface area contributed by atoms with Crippen LogP contribution in [0.15, 0.2) is 29.1 Å². The molecule has 2 aromatic rings. The maximum atomic E-state index is 12.0. The second kappa shape index (κ2) is 8.66. The Kier molecular flexibility index (Phi) is 6.06. The first-order valence-electron chi connectivity index (χ1n) is 9.11. The number of likely N-dealkylation sites (tertiary alicyclic amines) is 1. The Morgan fingerprint density at radius 2 is 2.27 bits per heavy atom. The molecule has 1 aromatic carbocycles. The number of amides is 2. The fraction of sp³-hybridized carbons (Fsp3) is 0.500. The van der Waals surface area contributed by atoms with Crippen molar-refractivity contribution in [3.8, 4) is 0 Å². The summed E-state index contributed by atoms with van der Waals surface area (Å²) in [6, 6.07) is 8.30. The summed E-state index contributed by atoms with van der Waals surface area (Å²) in [4.78, 5) is 28.0. The lowest BCUT2D eigenvalue weighted by molar-refractivity contribution is 0.152. The summed E-state index contributed by atoms with van der Waals surface area (Å²) < 4.78 is 0. The number of carbonyl (C=O) groups excluding carboxylic acids is 1. The van der Waals surface area contributed by atoms with Crippen molar-refractivity contribution in [3.63, 3.8) is 0 Å². The van der Waals surface area contributed by atoms with Crippen molar-refractivity contribution in [2.24, 2.45) is 0 Å². The number of benzene rings is 1. The van der Waals surface area contributed by atoms with Crippen LogP contribution in [0.3, 0.4) is 0 Å². The number of hydrogen-bond acceptors (Lipinski definition) is 4. The molecule has 1 aromatic heterocycles. The highest BCUT2D eigenvalue weighted by Gasteiger charge is 2.18. The Labute approximate surface area is 152 Å². The summed E-state index contributed by atoms with van der Waals surface area (Å²) in [7, 11) is 0. The minimum atomic E-state index is -0.343. The zero-order valence-electron chi connectivity index (χ0n) is 15.0. The molecule has 4 N–H and O–H groups in total. The molecule has 1 aliphatic heterocycles. The van der Waals surface area contributed by atoms with Crippen LogP contribution in [0.25, 0.3) is 0 Å². The smallest absolute Gasteiger partial charge is 0.337 e. The number of urea groups is 1. The summed E-state index contributed by atoms with van der Waals surface area (Å²) in [6.45, 7) is 4.71. The summed E-state index contributed by atoms with van der Waals surface area (Å²) in [5.41, 5.74) is 1.63. The van der Waals surface area contributed by atoms with Gasteiger partial charge >= 0.3 is 11.7 Å². The summed E-state index contributed by atoms with van der Waals surface area (Å²) in [5.74, 6) is 0.521. The highest BCUT2D eigenvalue weighted by atomic mass is 16.2. The molecule has 0 radical (unpaired) electrons. The molecule has 1 atom stereocenters. The molecule has 0 saturated carbocycles. The average molecular weight is 358 g/mol. The molecule has 1 saturated heterocycles. The summed E-state index contributed by atoms with van der Waals surface area (Å²) in [5, 5.41) is 11.7. The van der Waals surface area contributed by atoms with Gasteiger partial charge in [-0.25, -0.2) is 14.7 Å². The number of anilines is 1. The van der Waals surface area contributed by atoms with Gasteiger partial charge in [-0.2, -0.15) is 5.10 Å². The molecule has 2 heterocycles. The first-order valence-corrected chi connectivity index (χ1v) is 9.11. The molecule has 8 nitrogen and oxygen atoms in total. The van der Waals surface area contributed by atoms with E-state index >= 15 is 0 Å². The third-order valence-corrected chi connectivity index (χ3v) is 4.71. The van der Waals surface area contributed by atoms with Gasteiger partial charge in [0.1, 0.15) is 5.82 Å². The van der Waals surface area contributed by atoms with Crippen molar-refractivity contribution in [2.75, 3.05) is 18.4 Å². The van der Waals surface area contributed by atoms with Gasteiger partial charge in [-0.05, 0) is 44.0 Å². The number of piperidine rings is 1. The number of aromatic nitrogens is 3. The number of H-pyrrole nitrogens is 2. The second-order valence-corrected chi connectivity index (χ2v) is 6.77. The quantitative estimate of drug-likeness (QED) is 0.632. The van der Waals surface area contributed by atoms with Gasteiger partial charge < -0.3 is 10.6 Å². The lowest BCUT2D eigenvalue weighted by atomic mass is 10.0. The number of nitrogens with zero attached hydrogens (tertiary/aromatic N) is 2. The highest BCUT2D eigenvalue weighted by Crippen LogP contribution is 2.20. The van der Waals surface area contributed by atoms with Gasteiger partial charge in [0.25, 0.3) is 0 Å². The molecule has 0 spiro atoms. The zero-order valence-corrected chi connectivity index (χ0v) is 15.0. The monoisotopic (exact) mass is 358 g/mol. The van der Waals surface area contributed by atoms with Gasteiger partial charge in [-0.1, -0.05) is 18.6 Å². The Morgan fingerprint density at radius 3 is 3.04 bits per heavy atom. The van der Waals surface area contributed by atoms with Gasteiger partial charge in [0, 0.05) is 31.2 Å². The van der Waals surface area contributed by atoms with Crippen LogP contribution >= 0.6 is 0 Å². The Morgan fingerprint density at radius 1 is 1.38 bits per heavy atom. The molecule has 0 aliphatic carbocycles. The van der Waals surface area contributed by atoms with Crippen molar-refractivity contribution in [3.05, 3.63) is 46.1 Å². The van der Waals surface area contributed by atoms with Crippen molar-refractivity contribution in [1.29, 1.82) is 0 Å². The number of rotatable bonds is 6. The first kappa shape index (κ1) is 18.2. The van der Waals surface area contributed by atoms with Crippen LogP contribution in [0.4, 0.5) is 10.5 Å². The van der Waals surface area contributed by atoms with E-state index in [2.05, 4.69) is 43.7 Å². The Bertz CT molecular complexity index is 784. The topological polar surface area (TPSA) is 106 Å². The third kappa shape index (κ3) is 5.19. The molecular weight excluding hydrogens is 332 g/mol. The molecule has 1 fully saturated rings. The summed E-state index contributed by atoms with van der Waals surface area (Å²) in [6.07, 6.45) is 4.28. The molecule has 0 bridgehead atoms. The van der Waals surface area contributed by atoms with Gasteiger partial charge in [-0.3, -0.25) is 9.88 Å². The van der Waals surface area contributed by atoms with E-state index in [0.717, 1.165) is 18.8 Å². The van der Waals surface area contributed by atoms with Crippen LogP contribution < -0.4 is 16.3 Å². The molecular formula is C18H26N6O2. The minimum Gasteiger partial charge on any atom is -0.337 e. The molecule has 1 aliphatic rings. The first-order chi connectivity index (χ1) is 12.6. The summed E-state index contributed by atoms with van der Waals surface area (Å²) >= 11 is 0. The molecule has 140 valence electrons. The molecule has 0 unspecified atom stereocenters. The van der Waals surface area contributed by atoms with Crippen molar-refractivity contribution < 1.29 is 4.79 Å². The van der Waals surface area contributed by atoms with E-state index in [9.17, 15) is 9.59 Å². The fourth-order valence-electron chi connectivity index (χ4n) is 3.27. The van der Waals surface area contributed by atoms with Crippen molar-refractivity contribution in [2.45, 2.75) is 45.2 Å².